The Hall–Kier alpha value is -1.10. The molecule has 12 heavy (non-hydrogen) atoms. The van der Waals surface area contributed by atoms with Gasteiger partial charge in [-0.2, -0.15) is 0 Å². The minimum atomic E-state index is -1.03. The van der Waals surface area contributed by atoms with Gasteiger partial charge in [-0.25, -0.2) is 14.8 Å². The molecule has 0 unspecified atom stereocenters. The predicted octanol–water partition coefficient (Wildman–Crippen LogP) is 1.29. The van der Waals surface area contributed by atoms with Gasteiger partial charge in [0.25, 0.3) is 0 Å². The van der Waals surface area contributed by atoms with E-state index in [1.807, 2.05) is 6.92 Å². The van der Waals surface area contributed by atoms with Crippen molar-refractivity contribution in [3.8, 4) is 0 Å². The van der Waals surface area contributed by atoms with Crippen molar-refractivity contribution in [2.24, 2.45) is 0 Å². The van der Waals surface area contributed by atoms with E-state index in [0.29, 0.717) is 5.03 Å². The minimum Gasteiger partial charge on any atom is -0.476 e. The topological polar surface area (TPSA) is 63.1 Å². The van der Waals surface area contributed by atoms with E-state index >= 15 is 0 Å². The quantitative estimate of drug-likeness (QED) is 0.717. The third-order valence-corrected chi connectivity index (χ3v) is 2.01. The maximum Gasteiger partial charge on any atom is 0.357 e. The second kappa shape index (κ2) is 4.06. The van der Waals surface area contributed by atoms with Crippen LogP contribution in [0.1, 0.15) is 17.4 Å². The lowest BCUT2D eigenvalue weighted by Crippen LogP contribution is -2.03. The number of nitrogens with zero attached hydrogens (tertiary/aromatic N) is 2. The van der Waals surface area contributed by atoms with E-state index in [1.165, 1.54) is 24.2 Å². The number of aromatic nitrogens is 2. The van der Waals surface area contributed by atoms with Crippen molar-refractivity contribution in [3.05, 3.63) is 18.1 Å². The number of carboxylic acids is 1. The molecule has 0 aliphatic carbocycles. The standard InChI is InChI=1S/C7H8N2O2S/c1-2-12-6-5(7(10)11)8-3-4-9-6/h3-4H,2H2,1H3,(H,10,11). The van der Waals surface area contributed by atoms with Gasteiger partial charge in [-0.3, -0.25) is 0 Å². The second-order valence-electron chi connectivity index (χ2n) is 1.95. The van der Waals surface area contributed by atoms with Gasteiger partial charge in [0.1, 0.15) is 5.03 Å². The zero-order valence-electron chi connectivity index (χ0n) is 6.52. The fourth-order valence-corrected chi connectivity index (χ4v) is 1.40. The molecule has 0 aromatic carbocycles. The van der Waals surface area contributed by atoms with Gasteiger partial charge in [-0.1, -0.05) is 6.92 Å². The van der Waals surface area contributed by atoms with Crippen LogP contribution < -0.4 is 0 Å². The first kappa shape index (κ1) is 8.99. The molecular weight excluding hydrogens is 176 g/mol. The number of rotatable bonds is 3. The number of aromatic carboxylic acids is 1. The molecule has 4 nitrogen and oxygen atoms in total. The molecule has 0 aliphatic rings. The molecule has 0 spiro atoms. The molecule has 0 radical (unpaired) electrons. The summed E-state index contributed by atoms with van der Waals surface area (Å²) in [6, 6.07) is 0. The first-order valence-corrected chi connectivity index (χ1v) is 4.41. The Labute approximate surface area is 74.0 Å². The molecule has 0 aliphatic heterocycles. The molecule has 1 aromatic rings. The van der Waals surface area contributed by atoms with E-state index in [1.54, 1.807) is 0 Å². The Kier molecular flexibility index (Phi) is 3.04. The largest absolute Gasteiger partial charge is 0.476 e. The van der Waals surface area contributed by atoms with E-state index in [2.05, 4.69) is 9.97 Å². The molecule has 0 fully saturated rings. The van der Waals surface area contributed by atoms with Crippen molar-refractivity contribution in [2.45, 2.75) is 11.9 Å². The highest BCUT2D eigenvalue weighted by Gasteiger charge is 2.11. The third kappa shape index (κ3) is 1.94. The number of carbonyl (C=O) groups is 1. The molecule has 1 heterocycles. The lowest BCUT2D eigenvalue weighted by atomic mass is 10.5. The minimum absolute atomic E-state index is 0.0318. The highest BCUT2D eigenvalue weighted by molar-refractivity contribution is 7.99. The summed E-state index contributed by atoms with van der Waals surface area (Å²) in [4.78, 5) is 18.2. The Balaban J connectivity index is 3.00. The molecule has 0 amide bonds. The first-order chi connectivity index (χ1) is 5.75. The number of hydrogen-bond acceptors (Lipinski definition) is 4. The summed E-state index contributed by atoms with van der Waals surface area (Å²) in [5, 5.41) is 9.16. The van der Waals surface area contributed by atoms with Gasteiger partial charge in [0.15, 0.2) is 5.69 Å². The van der Waals surface area contributed by atoms with Gasteiger partial charge < -0.3 is 5.11 Å². The maximum atomic E-state index is 10.6. The summed E-state index contributed by atoms with van der Waals surface area (Å²) in [5.74, 6) is -0.238. The van der Waals surface area contributed by atoms with Crippen LogP contribution in [0.3, 0.4) is 0 Å². The number of carboxylic acid groups (broad SMARTS) is 1. The van der Waals surface area contributed by atoms with Gasteiger partial charge in [-0.05, 0) is 5.75 Å². The van der Waals surface area contributed by atoms with Crippen LogP contribution in [0.5, 0.6) is 0 Å². The average Bonchev–Trinajstić information content (AvgIpc) is 2.05. The van der Waals surface area contributed by atoms with Crippen molar-refractivity contribution in [1.82, 2.24) is 9.97 Å². The van der Waals surface area contributed by atoms with Crippen LogP contribution in [0.15, 0.2) is 17.4 Å². The molecule has 64 valence electrons. The second-order valence-corrected chi connectivity index (χ2v) is 3.20. The highest BCUT2D eigenvalue weighted by atomic mass is 32.2. The molecule has 1 rings (SSSR count). The van der Waals surface area contributed by atoms with Gasteiger partial charge >= 0.3 is 5.97 Å². The Morgan fingerprint density at radius 1 is 1.58 bits per heavy atom. The van der Waals surface area contributed by atoms with E-state index < -0.39 is 5.97 Å². The van der Waals surface area contributed by atoms with Crippen LogP contribution in [0.2, 0.25) is 0 Å². The Morgan fingerprint density at radius 3 is 2.83 bits per heavy atom. The van der Waals surface area contributed by atoms with Gasteiger partial charge in [0.2, 0.25) is 0 Å². The first-order valence-electron chi connectivity index (χ1n) is 3.42. The fraction of sp³-hybridized carbons (Fsp3) is 0.286. The maximum absolute atomic E-state index is 10.6. The Bertz CT molecular complexity index is 290. The molecule has 5 heteroatoms. The van der Waals surface area contributed by atoms with Gasteiger partial charge in [-0.15, -0.1) is 11.8 Å². The lowest BCUT2D eigenvalue weighted by Gasteiger charge is -1.99. The van der Waals surface area contributed by atoms with Crippen molar-refractivity contribution in [1.29, 1.82) is 0 Å². The van der Waals surface area contributed by atoms with Gasteiger partial charge in [0, 0.05) is 12.4 Å². The monoisotopic (exact) mass is 184 g/mol. The van der Waals surface area contributed by atoms with Crippen LogP contribution >= 0.6 is 11.8 Å². The molecule has 0 bridgehead atoms. The van der Waals surface area contributed by atoms with E-state index in [9.17, 15) is 4.79 Å². The van der Waals surface area contributed by atoms with Crippen LogP contribution in [0.25, 0.3) is 0 Å². The summed E-state index contributed by atoms with van der Waals surface area (Å²) in [7, 11) is 0. The van der Waals surface area contributed by atoms with Crippen LogP contribution in [-0.2, 0) is 0 Å². The highest BCUT2D eigenvalue weighted by Crippen LogP contribution is 2.16. The van der Waals surface area contributed by atoms with Crippen LogP contribution in [0, 0.1) is 0 Å². The molecule has 0 atom stereocenters. The normalized spacial score (nSPS) is 9.75. The zero-order chi connectivity index (χ0) is 8.97. The van der Waals surface area contributed by atoms with E-state index in [4.69, 9.17) is 5.11 Å². The fourth-order valence-electron chi connectivity index (χ4n) is 0.714. The number of thioether (sulfide) groups is 1. The van der Waals surface area contributed by atoms with Crippen LogP contribution in [0.4, 0.5) is 0 Å². The molecular formula is C7H8N2O2S. The summed E-state index contributed by atoms with van der Waals surface area (Å²) >= 11 is 1.38. The molecule has 1 N–H and O–H groups in total. The molecule has 0 saturated carbocycles. The summed E-state index contributed by atoms with van der Waals surface area (Å²) in [5.41, 5.74) is 0.0318. The molecule has 0 saturated heterocycles. The summed E-state index contributed by atoms with van der Waals surface area (Å²) in [6.07, 6.45) is 2.87. The summed E-state index contributed by atoms with van der Waals surface area (Å²) in [6.45, 7) is 1.94. The lowest BCUT2D eigenvalue weighted by molar-refractivity contribution is 0.0685. The average molecular weight is 184 g/mol. The zero-order valence-corrected chi connectivity index (χ0v) is 7.34. The third-order valence-electron chi connectivity index (χ3n) is 1.15. The smallest absolute Gasteiger partial charge is 0.357 e. The SMILES string of the molecule is CCSc1nccnc1C(=O)O. The Morgan fingerprint density at radius 2 is 2.25 bits per heavy atom. The van der Waals surface area contributed by atoms with Crippen molar-refractivity contribution in [3.63, 3.8) is 0 Å². The van der Waals surface area contributed by atoms with Crippen molar-refractivity contribution >= 4 is 17.7 Å². The van der Waals surface area contributed by atoms with Crippen LogP contribution in [-0.4, -0.2) is 26.8 Å². The van der Waals surface area contributed by atoms with Crippen molar-refractivity contribution in [2.75, 3.05) is 5.75 Å². The molecule has 1 aromatic heterocycles. The van der Waals surface area contributed by atoms with E-state index in [0.717, 1.165) is 5.75 Å². The van der Waals surface area contributed by atoms with E-state index in [-0.39, 0.29) is 5.69 Å². The number of hydrogen-bond donors (Lipinski definition) is 1. The van der Waals surface area contributed by atoms with Gasteiger partial charge in [0.05, 0.1) is 0 Å². The summed E-state index contributed by atoms with van der Waals surface area (Å²) < 4.78 is 0. The van der Waals surface area contributed by atoms with Crippen molar-refractivity contribution < 1.29 is 9.90 Å². The predicted molar refractivity (Wildman–Crippen MR) is 45.4 cm³/mol.